The molecule has 2 aliphatic heterocycles. The molecule has 0 aromatic heterocycles. The van der Waals surface area contributed by atoms with Gasteiger partial charge < -0.3 is 10.6 Å². The largest absolute Gasteiger partial charge is 0.355 e. The maximum Gasteiger partial charge on any atom is 0.227 e. The van der Waals surface area contributed by atoms with E-state index in [0.29, 0.717) is 23.1 Å². The van der Waals surface area contributed by atoms with Gasteiger partial charge in [-0.05, 0) is 56.9 Å². The van der Waals surface area contributed by atoms with E-state index in [9.17, 15) is 4.79 Å². The zero-order chi connectivity index (χ0) is 12.6. The standard InChI is InChI=1S/C14H23ClN2O/c15-11-4-2-10(3-5-11)12-8-17-13(18)14(12)6-1-7-16-9-14/h10-12,16H,1-9H2,(H,17,18). The van der Waals surface area contributed by atoms with Gasteiger partial charge in [0.2, 0.25) is 5.91 Å². The second-order valence-corrected chi connectivity index (χ2v) is 6.88. The van der Waals surface area contributed by atoms with Gasteiger partial charge in [0.25, 0.3) is 0 Å². The first-order valence-electron chi connectivity index (χ1n) is 7.35. The minimum atomic E-state index is -0.109. The molecule has 3 aliphatic rings. The normalized spacial score (nSPS) is 45.2. The molecule has 102 valence electrons. The highest BCUT2D eigenvalue weighted by molar-refractivity contribution is 6.20. The van der Waals surface area contributed by atoms with Gasteiger partial charge in [-0.1, -0.05) is 0 Å². The predicted molar refractivity (Wildman–Crippen MR) is 72.6 cm³/mol. The minimum absolute atomic E-state index is 0.109. The highest BCUT2D eigenvalue weighted by atomic mass is 35.5. The van der Waals surface area contributed by atoms with E-state index in [-0.39, 0.29) is 5.41 Å². The highest BCUT2D eigenvalue weighted by Crippen LogP contribution is 2.47. The Bertz CT molecular complexity index is 320. The quantitative estimate of drug-likeness (QED) is 0.715. The molecule has 3 rings (SSSR count). The summed E-state index contributed by atoms with van der Waals surface area (Å²) in [5, 5.41) is 6.93. The van der Waals surface area contributed by atoms with Crippen LogP contribution >= 0.6 is 11.6 Å². The first-order valence-corrected chi connectivity index (χ1v) is 7.79. The third-order valence-corrected chi connectivity index (χ3v) is 5.77. The lowest BCUT2D eigenvalue weighted by molar-refractivity contribution is -0.131. The summed E-state index contributed by atoms with van der Waals surface area (Å²) in [6.07, 6.45) is 6.86. The third-order valence-electron chi connectivity index (χ3n) is 5.33. The van der Waals surface area contributed by atoms with Crippen LogP contribution in [0.5, 0.6) is 0 Å². The van der Waals surface area contributed by atoms with Crippen molar-refractivity contribution in [3.05, 3.63) is 0 Å². The van der Waals surface area contributed by atoms with Gasteiger partial charge in [0.15, 0.2) is 0 Å². The van der Waals surface area contributed by atoms with Gasteiger partial charge >= 0.3 is 0 Å². The van der Waals surface area contributed by atoms with Gasteiger partial charge in [-0.3, -0.25) is 4.79 Å². The summed E-state index contributed by atoms with van der Waals surface area (Å²) in [5.74, 6) is 1.52. The summed E-state index contributed by atoms with van der Waals surface area (Å²) in [5.41, 5.74) is -0.109. The van der Waals surface area contributed by atoms with Crippen molar-refractivity contribution in [1.29, 1.82) is 0 Å². The topological polar surface area (TPSA) is 41.1 Å². The fraction of sp³-hybridized carbons (Fsp3) is 0.929. The average molecular weight is 271 g/mol. The number of hydrogen-bond donors (Lipinski definition) is 2. The molecule has 18 heavy (non-hydrogen) atoms. The van der Waals surface area contributed by atoms with E-state index < -0.39 is 0 Å². The first kappa shape index (κ1) is 12.7. The zero-order valence-electron chi connectivity index (χ0n) is 10.9. The summed E-state index contributed by atoms with van der Waals surface area (Å²) in [4.78, 5) is 12.3. The zero-order valence-corrected chi connectivity index (χ0v) is 11.6. The van der Waals surface area contributed by atoms with E-state index in [1.165, 1.54) is 12.8 Å². The third kappa shape index (κ3) is 2.05. The van der Waals surface area contributed by atoms with Crippen LogP contribution in [0.3, 0.4) is 0 Å². The Hall–Kier alpha value is -0.280. The van der Waals surface area contributed by atoms with Crippen molar-refractivity contribution in [2.45, 2.75) is 43.9 Å². The van der Waals surface area contributed by atoms with Gasteiger partial charge in [0.1, 0.15) is 0 Å². The van der Waals surface area contributed by atoms with Crippen LogP contribution < -0.4 is 10.6 Å². The van der Waals surface area contributed by atoms with Crippen molar-refractivity contribution in [2.75, 3.05) is 19.6 Å². The van der Waals surface area contributed by atoms with Gasteiger partial charge in [-0.15, -0.1) is 11.6 Å². The van der Waals surface area contributed by atoms with Crippen molar-refractivity contribution in [1.82, 2.24) is 10.6 Å². The molecule has 0 aromatic rings. The van der Waals surface area contributed by atoms with Crippen molar-refractivity contribution in [3.63, 3.8) is 0 Å². The lowest BCUT2D eigenvalue weighted by Gasteiger charge is -2.41. The molecule has 2 atom stereocenters. The maximum atomic E-state index is 12.3. The Morgan fingerprint density at radius 2 is 2.00 bits per heavy atom. The van der Waals surface area contributed by atoms with E-state index in [2.05, 4.69) is 10.6 Å². The Morgan fingerprint density at radius 1 is 1.22 bits per heavy atom. The van der Waals surface area contributed by atoms with E-state index >= 15 is 0 Å². The molecule has 0 bridgehead atoms. The van der Waals surface area contributed by atoms with Crippen molar-refractivity contribution >= 4 is 17.5 Å². The summed E-state index contributed by atoms with van der Waals surface area (Å²) in [6, 6.07) is 0. The van der Waals surface area contributed by atoms with Crippen molar-refractivity contribution < 1.29 is 4.79 Å². The Balaban J connectivity index is 1.76. The maximum absolute atomic E-state index is 12.3. The van der Waals surface area contributed by atoms with E-state index in [4.69, 9.17) is 11.6 Å². The molecule has 1 spiro atoms. The van der Waals surface area contributed by atoms with Gasteiger partial charge in [0.05, 0.1) is 5.41 Å². The number of nitrogens with one attached hydrogen (secondary N) is 2. The Labute approximate surface area is 114 Å². The number of halogens is 1. The van der Waals surface area contributed by atoms with Crippen LogP contribution in [0, 0.1) is 17.3 Å². The summed E-state index contributed by atoms with van der Waals surface area (Å²) < 4.78 is 0. The van der Waals surface area contributed by atoms with E-state index in [1.54, 1.807) is 0 Å². The van der Waals surface area contributed by atoms with Gasteiger partial charge in [0, 0.05) is 18.5 Å². The van der Waals surface area contributed by atoms with Crippen molar-refractivity contribution in [2.24, 2.45) is 17.3 Å². The molecule has 0 aromatic carbocycles. The lowest BCUT2D eigenvalue weighted by Crippen LogP contribution is -2.50. The fourth-order valence-electron chi connectivity index (χ4n) is 4.28. The van der Waals surface area contributed by atoms with Crippen LogP contribution in [0.2, 0.25) is 0 Å². The summed E-state index contributed by atoms with van der Waals surface area (Å²) in [6.45, 7) is 2.83. The number of carbonyl (C=O) groups excluding carboxylic acids is 1. The number of rotatable bonds is 1. The minimum Gasteiger partial charge on any atom is -0.355 e. The molecule has 0 radical (unpaired) electrons. The molecule has 1 saturated carbocycles. The molecule has 3 nitrogen and oxygen atoms in total. The second-order valence-electron chi connectivity index (χ2n) is 6.27. The molecular weight excluding hydrogens is 248 g/mol. The SMILES string of the molecule is O=C1NCC(C2CCC(Cl)CC2)C12CCCNC2. The number of hydrogen-bond acceptors (Lipinski definition) is 2. The Morgan fingerprint density at radius 3 is 2.67 bits per heavy atom. The molecule has 2 heterocycles. The smallest absolute Gasteiger partial charge is 0.227 e. The lowest BCUT2D eigenvalue weighted by atomic mass is 9.64. The number of amides is 1. The van der Waals surface area contributed by atoms with Crippen LogP contribution in [0.25, 0.3) is 0 Å². The molecule has 4 heteroatoms. The van der Waals surface area contributed by atoms with Crippen LogP contribution in [0.4, 0.5) is 0 Å². The molecule has 1 aliphatic carbocycles. The van der Waals surface area contributed by atoms with Crippen LogP contribution in [0.15, 0.2) is 0 Å². The van der Waals surface area contributed by atoms with E-state index in [0.717, 1.165) is 45.3 Å². The van der Waals surface area contributed by atoms with Gasteiger partial charge in [-0.2, -0.15) is 0 Å². The van der Waals surface area contributed by atoms with Crippen LogP contribution in [-0.2, 0) is 4.79 Å². The fourth-order valence-corrected chi connectivity index (χ4v) is 4.53. The first-order chi connectivity index (χ1) is 8.72. The summed E-state index contributed by atoms with van der Waals surface area (Å²) >= 11 is 6.20. The predicted octanol–water partition coefficient (Wildman–Crippen LogP) is 1.90. The van der Waals surface area contributed by atoms with Crippen LogP contribution in [0.1, 0.15) is 38.5 Å². The average Bonchev–Trinajstić information content (AvgIpc) is 2.70. The monoisotopic (exact) mass is 270 g/mol. The molecule has 2 unspecified atom stereocenters. The Kier molecular flexibility index (Phi) is 3.55. The highest BCUT2D eigenvalue weighted by Gasteiger charge is 2.53. The molecule has 2 saturated heterocycles. The number of carbonyl (C=O) groups is 1. The molecular formula is C14H23ClN2O. The number of alkyl halides is 1. The molecule has 1 amide bonds. The molecule has 3 fully saturated rings. The van der Waals surface area contributed by atoms with Crippen LogP contribution in [-0.4, -0.2) is 30.9 Å². The number of piperidine rings is 1. The summed E-state index contributed by atoms with van der Waals surface area (Å²) in [7, 11) is 0. The van der Waals surface area contributed by atoms with Crippen molar-refractivity contribution in [3.8, 4) is 0 Å². The van der Waals surface area contributed by atoms with Gasteiger partial charge in [-0.25, -0.2) is 0 Å². The van der Waals surface area contributed by atoms with E-state index in [1.807, 2.05) is 0 Å². The molecule has 2 N–H and O–H groups in total. The second kappa shape index (κ2) is 5.01.